The number of hydrogen-bond acceptors (Lipinski definition) is 7. The maximum atomic E-state index is 13.7. The number of hydrogen-bond donors (Lipinski definition) is 2. The molecule has 3 aromatic heterocycles. The van der Waals surface area contributed by atoms with Crippen molar-refractivity contribution in [3.05, 3.63) is 71.4 Å². The van der Waals surface area contributed by atoms with Crippen LogP contribution in [0.2, 0.25) is 0 Å². The highest BCUT2D eigenvalue weighted by Crippen LogP contribution is 2.35. The molecule has 1 amide bonds. The lowest BCUT2D eigenvalue weighted by Gasteiger charge is -2.31. The average Bonchev–Trinajstić information content (AvgIpc) is 3.48. The van der Waals surface area contributed by atoms with Gasteiger partial charge in [-0.25, -0.2) is 14.4 Å². The smallest absolute Gasteiger partial charge is 0.255 e. The Morgan fingerprint density at radius 1 is 1.14 bits per heavy atom. The molecule has 1 fully saturated rings. The number of nitrogens with zero attached hydrogens (tertiary/aromatic N) is 5. The zero-order valence-corrected chi connectivity index (χ0v) is 20.8. The van der Waals surface area contributed by atoms with E-state index in [1.54, 1.807) is 23.0 Å². The minimum Gasteiger partial charge on any atom is -0.378 e. The van der Waals surface area contributed by atoms with Gasteiger partial charge in [0.1, 0.15) is 17.3 Å². The van der Waals surface area contributed by atoms with Crippen molar-refractivity contribution in [2.45, 2.75) is 13.1 Å². The number of rotatable bonds is 6. The van der Waals surface area contributed by atoms with Crippen LogP contribution in [0.25, 0.3) is 16.9 Å². The van der Waals surface area contributed by atoms with E-state index in [0.29, 0.717) is 23.6 Å². The quantitative estimate of drug-likeness (QED) is 0.419. The Morgan fingerprint density at radius 2 is 1.97 bits per heavy atom. The number of anilines is 3. The maximum absolute atomic E-state index is 13.7. The predicted molar refractivity (Wildman–Crippen MR) is 140 cm³/mol. The van der Waals surface area contributed by atoms with E-state index in [2.05, 4.69) is 56.6 Å². The summed E-state index contributed by atoms with van der Waals surface area (Å²) in [5.74, 6) is -0.0219. The molecule has 1 aromatic carbocycles. The van der Waals surface area contributed by atoms with Crippen molar-refractivity contribution in [1.29, 1.82) is 0 Å². The van der Waals surface area contributed by atoms with Gasteiger partial charge in [0.25, 0.3) is 5.91 Å². The number of morpholine rings is 1. The molecule has 0 aliphatic carbocycles. The van der Waals surface area contributed by atoms with Gasteiger partial charge in [-0.2, -0.15) is 0 Å². The summed E-state index contributed by atoms with van der Waals surface area (Å²) < 4.78 is 21.0. The second-order valence-electron chi connectivity index (χ2n) is 9.58. The molecule has 5 heterocycles. The van der Waals surface area contributed by atoms with Crippen molar-refractivity contribution in [2.24, 2.45) is 0 Å². The number of aromatic nitrogens is 3. The molecular weight excluding hydrogens is 473 g/mol. The Hall–Kier alpha value is -4.02. The molecule has 2 aliphatic rings. The number of ether oxygens (including phenoxy) is 1. The number of nitrogens with one attached hydrogen (secondary N) is 2. The lowest BCUT2D eigenvalue weighted by molar-refractivity contribution is 0.0966. The molecule has 37 heavy (non-hydrogen) atoms. The Labute approximate surface area is 213 Å². The summed E-state index contributed by atoms with van der Waals surface area (Å²) in [6, 6.07) is 9.04. The highest BCUT2D eigenvalue weighted by molar-refractivity contribution is 6.05. The molecule has 2 N–H and O–H groups in total. The number of pyridine rings is 2. The molecule has 190 valence electrons. The standard InChI is InChI=1S/C27H28FN7O2/c1-33(2)16-17-11-19(3-4-22(17)34-7-9-37-10-8-34)32-26-25-21(14-31-27(25)36)20(13-30-26)23-15-29-24-12-18(28)5-6-35(23)24/h3-6,11-13,15H,7-10,14,16H2,1-2H3,(H,30,32)(H,31,36). The van der Waals surface area contributed by atoms with Crippen LogP contribution in [0.15, 0.2) is 48.9 Å². The first-order valence-corrected chi connectivity index (χ1v) is 12.3. The minimum atomic E-state index is -0.349. The van der Waals surface area contributed by atoms with E-state index in [0.717, 1.165) is 55.4 Å². The number of imidazole rings is 1. The molecule has 9 nitrogen and oxygen atoms in total. The summed E-state index contributed by atoms with van der Waals surface area (Å²) in [6.45, 7) is 4.33. The van der Waals surface area contributed by atoms with Gasteiger partial charge in [0.2, 0.25) is 0 Å². The molecule has 0 atom stereocenters. The van der Waals surface area contributed by atoms with Gasteiger partial charge in [-0.1, -0.05) is 0 Å². The van der Waals surface area contributed by atoms with Crippen LogP contribution in [-0.4, -0.2) is 65.6 Å². The number of carbonyl (C=O) groups is 1. The van der Waals surface area contributed by atoms with Gasteiger partial charge in [0.15, 0.2) is 0 Å². The first-order chi connectivity index (χ1) is 18.0. The van der Waals surface area contributed by atoms with Crippen molar-refractivity contribution in [3.8, 4) is 11.3 Å². The molecule has 0 spiro atoms. The third-order valence-corrected chi connectivity index (χ3v) is 6.77. The van der Waals surface area contributed by atoms with Gasteiger partial charge < -0.3 is 25.2 Å². The normalized spacial score (nSPS) is 15.4. The predicted octanol–water partition coefficient (Wildman–Crippen LogP) is 3.42. The third kappa shape index (κ3) is 4.38. The number of fused-ring (bicyclic) bond motifs is 2. The minimum absolute atomic E-state index is 0.176. The molecule has 6 rings (SSSR count). The van der Waals surface area contributed by atoms with Crippen molar-refractivity contribution in [2.75, 3.05) is 50.6 Å². The number of amides is 1. The highest BCUT2D eigenvalue weighted by atomic mass is 19.1. The van der Waals surface area contributed by atoms with Crippen LogP contribution in [0, 0.1) is 5.82 Å². The summed E-state index contributed by atoms with van der Waals surface area (Å²) in [5, 5.41) is 6.32. The summed E-state index contributed by atoms with van der Waals surface area (Å²) in [4.78, 5) is 26.4. The number of carbonyl (C=O) groups excluding carboxylic acids is 1. The van der Waals surface area contributed by atoms with Crippen molar-refractivity contribution < 1.29 is 13.9 Å². The van der Waals surface area contributed by atoms with E-state index in [4.69, 9.17) is 4.74 Å². The number of halogens is 1. The summed E-state index contributed by atoms with van der Waals surface area (Å²) in [6.07, 6.45) is 5.06. The fourth-order valence-corrected chi connectivity index (χ4v) is 5.09. The van der Waals surface area contributed by atoms with Crippen LogP contribution in [0.3, 0.4) is 0 Å². The second kappa shape index (κ2) is 9.45. The van der Waals surface area contributed by atoms with Gasteiger partial charge >= 0.3 is 0 Å². The van der Waals surface area contributed by atoms with E-state index in [9.17, 15) is 9.18 Å². The van der Waals surface area contributed by atoms with E-state index in [-0.39, 0.29) is 11.7 Å². The van der Waals surface area contributed by atoms with Gasteiger partial charge in [-0.05, 0) is 49.5 Å². The summed E-state index contributed by atoms with van der Waals surface area (Å²) >= 11 is 0. The third-order valence-electron chi connectivity index (χ3n) is 6.77. The zero-order chi connectivity index (χ0) is 25.5. The monoisotopic (exact) mass is 501 g/mol. The molecule has 2 aliphatic heterocycles. The van der Waals surface area contributed by atoms with Crippen LogP contribution in [0.1, 0.15) is 21.5 Å². The van der Waals surface area contributed by atoms with Crippen molar-refractivity contribution in [1.82, 2.24) is 24.6 Å². The van der Waals surface area contributed by atoms with Crippen molar-refractivity contribution in [3.63, 3.8) is 0 Å². The molecule has 1 saturated heterocycles. The topological polar surface area (TPSA) is 87.0 Å². The summed E-state index contributed by atoms with van der Waals surface area (Å²) in [5.41, 5.74) is 6.63. The van der Waals surface area contributed by atoms with Crippen LogP contribution in [-0.2, 0) is 17.8 Å². The molecule has 10 heteroatoms. The van der Waals surface area contributed by atoms with Gasteiger partial charge in [0.05, 0.1) is 30.7 Å². The van der Waals surface area contributed by atoms with Gasteiger partial charge in [-0.15, -0.1) is 0 Å². The molecule has 0 radical (unpaired) electrons. The van der Waals surface area contributed by atoms with E-state index in [1.807, 2.05) is 6.07 Å². The van der Waals surface area contributed by atoms with Crippen molar-refractivity contribution >= 4 is 28.7 Å². The van der Waals surface area contributed by atoms with Crippen LogP contribution >= 0.6 is 0 Å². The molecule has 4 aromatic rings. The van der Waals surface area contributed by atoms with Crippen LogP contribution in [0.4, 0.5) is 21.6 Å². The molecule has 0 unspecified atom stereocenters. The number of benzene rings is 1. The van der Waals surface area contributed by atoms with E-state index >= 15 is 0 Å². The van der Waals surface area contributed by atoms with Crippen LogP contribution in [0.5, 0.6) is 0 Å². The second-order valence-corrected chi connectivity index (χ2v) is 9.58. The molecule has 0 bridgehead atoms. The highest BCUT2D eigenvalue weighted by Gasteiger charge is 2.28. The first kappa shape index (κ1) is 23.4. The van der Waals surface area contributed by atoms with Gasteiger partial charge in [0, 0.05) is 61.6 Å². The molecule has 0 saturated carbocycles. The SMILES string of the molecule is CN(C)Cc1cc(Nc2ncc(-c3cnc4cc(F)ccn34)c3c2C(=O)NC3)ccc1N1CCOCC1. The van der Waals surface area contributed by atoms with E-state index < -0.39 is 0 Å². The van der Waals surface area contributed by atoms with Gasteiger partial charge in [-0.3, -0.25) is 9.20 Å². The Kier molecular flexibility index (Phi) is 5.97. The average molecular weight is 502 g/mol. The summed E-state index contributed by atoms with van der Waals surface area (Å²) in [7, 11) is 4.10. The fraction of sp³-hybridized carbons (Fsp3) is 0.296. The lowest BCUT2D eigenvalue weighted by atomic mass is 10.0. The largest absolute Gasteiger partial charge is 0.378 e. The van der Waals surface area contributed by atoms with Crippen LogP contribution < -0.4 is 15.5 Å². The Bertz CT molecular complexity index is 1490. The molecular formula is C27H28FN7O2. The maximum Gasteiger partial charge on any atom is 0.255 e. The Balaban J connectivity index is 1.37. The zero-order valence-electron chi connectivity index (χ0n) is 20.8. The Morgan fingerprint density at radius 3 is 2.78 bits per heavy atom. The van der Waals surface area contributed by atoms with E-state index in [1.165, 1.54) is 23.4 Å². The first-order valence-electron chi connectivity index (χ1n) is 12.3. The lowest BCUT2D eigenvalue weighted by Crippen LogP contribution is -2.37. The fourth-order valence-electron chi connectivity index (χ4n) is 5.09.